The number of nitrogens with one attached hydrogen (secondary N) is 1. The van der Waals surface area contributed by atoms with Crippen molar-refractivity contribution in [2.45, 2.75) is 37.5 Å². The molecule has 5 rings (SSSR count). The van der Waals surface area contributed by atoms with Crippen molar-refractivity contribution in [2.24, 2.45) is 29.4 Å². The lowest BCUT2D eigenvalue weighted by Gasteiger charge is -2.60. The van der Waals surface area contributed by atoms with Crippen LogP contribution in [0.1, 0.15) is 37.8 Å². The van der Waals surface area contributed by atoms with E-state index in [1.807, 2.05) is 0 Å². The molecular formula is C15H22N2. The molecule has 1 aromatic heterocycles. The Kier molecular flexibility index (Phi) is 2.03. The average Bonchev–Trinajstić information content (AvgIpc) is 2.82. The molecule has 0 saturated heterocycles. The number of aromatic nitrogens is 1. The molecule has 0 spiro atoms. The Morgan fingerprint density at radius 2 is 2.00 bits per heavy atom. The smallest absolute Gasteiger partial charge is 0.0210 e. The molecule has 2 nitrogen and oxygen atoms in total. The SMILES string of the molecule is NCC1C2CC3CC1CC(c1ccc[nH]1)(C3)C2. The summed E-state index contributed by atoms with van der Waals surface area (Å²) in [7, 11) is 0. The number of hydrogen-bond acceptors (Lipinski definition) is 1. The van der Waals surface area contributed by atoms with Crippen LogP contribution in [-0.4, -0.2) is 11.5 Å². The average molecular weight is 230 g/mol. The van der Waals surface area contributed by atoms with Gasteiger partial charge in [0.15, 0.2) is 0 Å². The van der Waals surface area contributed by atoms with Gasteiger partial charge in [0.1, 0.15) is 0 Å². The summed E-state index contributed by atoms with van der Waals surface area (Å²) in [5, 5.41) is 0. The highest BCUT2D eigenvalue weighted by atomic mass is 14.8. The van der Waals surface area contributed by atoms with Crippen molar-refractivity contribution in [2.75, 3.05) is 6.54 Å². The summed E-state index contributed by atoms with van der Waals surface area (Å²) in [4.78, 5) is 3.50. The van der Waals surface area contributed by atoms with Gasteiger partial charge in [-0.05, 0) is 74.5 Å². The van der Waals surface area contributed by atoms with E-state index in [1.165, 1.54) is 37.8 Å². The number of H-pyrrole nitrogens is 1. The van der Waals surface area contributed by atoms with E-state index in [4.69, 9.17) is 5.73 Å². The van der Waals surface area contributed by atoms with Gasteiger partial charge < -0.3 is 10.7 Å². The standard InChI is InChI=1S/C15H22N2/c16-9-13-11-4-10-5-12(13)8-15(6-10,7-11)14-2-1-3-17-14/h1-3,10-13,17H,4-9,16H2. The number of nitrogens with two attached hydrogens (primary N) is 1. The summed E-state index contributed by atoms with van der Waals surface area (Å²) in [5.74, 6) is 3.64. The fourth-order valence-corrected chi connectivity index (χ4v) is 5.50. The van der Waals surface area contributed by atoms with Gasteiger partial charge in [0.05, 0.1) is 0 Å². The van der Waals surface area contributed by atoms with E-state index in [1.54, 1.807) is 0 Å². The summed E-state index contributed by atoms with van der Waals surface area (Å²) >= 11 is 0. The van der Waals surface area contributed by atoms with Crippen LogP contribution in [0.15, 0.2) is 18.3 Å². The van der Waals surface area contributed by atoms with Crippen LogP contribution in [0.25, 0.3) is 0 Å². The Labute approximate surface area is 103 Å². The Morgan fingerprint density at radius 1 is 1.24 bits per heavy atom. The van der Waals surface area contributed by atoms with Crippen LogP contribution in [0.2, 0.25) is 0 Å². The number of aromatic amines is 1. The monoisotopic (exact) mass is 230 g/mol. The van der Waals surface area contributed by atoms with Crippen molar-refractivity contribution in [3.05, 3.63) is 24.0 Å². The van der Waals surface area contributed by atoms with E-state index >= 15 is 0 Å². The Bertz CT molecular complexity index is 393. The maximum Gasteiger partial charge on any atom is 0.0210 e. The van der Waals surface area contributed by atoms with E-state index < -0.39 is 0 Å². The highest BCUT2D eigenvalue weighted by Crippen LogP contribution is 2.62. The molecule has 4 saturated carbocycles. The zero-order valence-electron chi connectivity index (χ0n) is 10.4. The van der Waals surface area contributed by atoms with Gasteiger partial charge in [-0.1, -0.05) is 0 Å². The molecule has 4 aliphatic rings. The van der Waals surface area contributed by atoms with E-state index in [2.05, 4.69) is 23.3 Å². The molecule has 2 atom stereocenters. The molecular weight excluding hydrogens is 208 g/mol. The van der Waals surface area contributed by atoms with Gasteiger partial charge in [-0.3, -0.25) is 0 Å². The Balaban J connectivity index is 1.73. The first-order valence-electron chi connectivity index (χ1n) is 7.15. The van der Waals surface area contributed by atoms with Crippen molar-refractivity contribution < 1.29 is 0 Å². The summed E-state index contributed by atoms with van der Waals surface area (Å²) in [5.41, 5.74) is 8.01. The molecule has 17 heavy (non-hydrogen) atoms. The van der Waals surface area contributed by atoms with Crippen LogP contribution in [0.4, 0.5) is 0 Å². The summed E-state index contributed by atoms with van der Waals surface area (Å²) < 4.78 is 0. The number of hydrogen-bond donors (Lipinski definition) is 2. The van der Waals surface area contributed by atoms with Gasteiger partial charge in [-0.25, -0.2) is 0 Å². The van der Waals surface area contributed by atoms with Crippen molar-refractivity contribution >= 4 is 0 Å². The maximum atomic E-state index is 6.01. The van der Waals surface area contributed by atoms with Gasteiger partial charge in [-0.15, -0.1) is 0 Å². The summed E-state index contributed by atoms with van der Waals surface area (Å²) in [6.07, 6.45) is 9.22. The normalized spacial score (nSPS) is 47.6. The molecule has 92 valence electrons. The largest absolute Gasteiger partial charge is 0.365 e. The second-order valence-corrected chi connectivity index (χ2v) is 6.73. The number of rotatable bonds is 2. The van der Waals surface area contributed by atoms with Crippen LogP contribution in [0.5, 0.6) is 0 Å². The zero-order chi connectivity index (χ0) is 11.5. The third-order valence-corrected chi connectivity index (χ3v) is 5.91. The second-order valence-electron chi connectivity index (χ2n) is 6.73. The first kappa shape index (κ1) is 10.2. The molecule has 2 heteroatoms. The van der Waals surface area contributed by atoms with Crippen LogP contribution < -0.4 is 5.73 Å². The topological polar surface area (TPSA) is 41.8 Å². The molecule has 3 N–H and O–H groups in total. The van der Waals surface area contributed by atoms with Crippen LogP contribution in [-0.2, 0) is 5.41 Å². The van der Waals surface area contributed by atoms with E-state index in [-0.39, 0.29) is 0 Å². The van der Waals surface area contributed by atoms with Gasteiger partial charge >= 0.3 is 0 Å². The molecule has 1 heterocycles. The minimum Gasteiger partial charge on any atom is -0.365 e. The molecule has 4 aliphatic carbocycles. The molecule has 2 unspecified atom stereocenters. The third-order valence-electron chi connectivity index (χ3n) is 5.91. The summed E-state index contributed by atoms with van der Waals surface area (Å²) in [6.45, 7) is 0.920. The lowest BCUT2D eigenvalue weighted by atomic mass is 9.45. The third kappa shape index (κ3) is 1.31. The molecule has 4 fully saturated rings. The fraction of sp³-hybridized carbons (Fsp3) is 0.733. The fourth-order valence-electron chi connectivity index (χ4n) is 5.50. The van der Waals surface area contributed by atoms with E-state index in [9.17, 15) is 0 Å². The van der Waals surface area contributed by atoms with Crippen LogP contribution >= 0.6 is 0 Å². The molecule has 0 aromatic carbocycles. The first-order chi connectivity index (χ1) is 8.31. The predicted octanol–water partition coefficient (Wildman–Crippen LogP) is 2.67. The van der Waals surface area contributed by atoms with E-state index in [0.717, 1.165) is 30.2 Å². The minimum absolute atomic E-state index is 0.492. The van der Waals surface area contributed by atoms with Crippen molar-refractivity contribution in [1.29, 1.82) is 0 Å². The predicted molar refractivity (Wildman–Crippen MR) is 68.6 cm³/mol. The van der Waals surface area contributed by atoms with Crippen molar-refractivity contribution in [1.82, 2.24) is 4.98 Å². The Morgan fingerprint density at radius 3 is 2.59 bits per heavy atom. The Hall–Kier alpha value is -0.760. The van der Waals surface area contributed by atoms with E-state index in [0.29, 0.717) is 5.41 Å². The molecule has 0 amide bonds. The minimum atomic E-state index is 0.492. The molecule has 0 aliphatic heterocycles. The molecule has 4 bridgehead atoms. The second kappa shape index (κ2) is 3.38. The highest BCUT2D eigenvalue weighted by molar-refractivity contribution is 5.24. The van der Waals surface area contributed by atoms with Gasteiger partial charge in [0, 0.05) is 17.3 Å². The zero-order valence-corrected chi connectivity index (χ0v) is 10.4. The quantitative estimate of drug-likeness (QED) is 0.806. The van der Waals surface area contributed by atoms with Gasteiger partial charge in [-0.2, -0.15) is 0 Å². The maximum absolute atomic E-state index is 6.01. The highest BCUT2D eigenvalue weighted by Gasteiger charge is 2.55. The van der Waals surface area contributed by atoms with Crippen molar-refractivity contribution in [3.63, 3.8) is 0 Å². The van der Waals surface area contributed by atoms with Gasteiger partial charge in [0.25, 0.3) is 0 Å². The van der Waals surface area contributed by atoms with Crippen LogP contribution in [0, 0.1) is 23.7 Å². The lowest BCUT2D eigenvalue weighted by Crippen LogP contribution is -2.54. The lowest BCUT2D eigenvalue weighted by molar-refractivity contribution is -0.0537. The van der Waals surface area contributed by atoms with Crippen molar-refractivity contribution in [3.8, 4) is 0 Å². The summed E-state index contributed by atoms with van der Waals surface area (Å²) in [6, 6.07) is 4.47. The first-order valence-corrected chi connectivity index (χ1v) is 7.15. The van der Waals surface area contributed by atoms with Crippen LogP contribution in [0.3, 0.4) is 0 Å². The molecule has 1 aromatic rings. The molecule has 0 radical (unpaired) electrons. The van der Waals surface area contributed by atoms with Gasteiger partial charge in [0.2, 0.25) is 0 Å².